The Hall–Kier alpha value is -0.396. The molecular weight excluding hydrogens is 376 g/mol. The van der Waals surface area contributed by atoms with Crippen molar-refractivity contribution in [3.63, 3.8) is 0 Å². The van der Waals surface area contributed by atoms with Gasteiger partial charge in [0.25, 0.3) is 10.1 Å². The summed E-state index contributed by atoms with van der Waals surface area (Å²) in [6, 6.07) is 7.42. The van der Waals surface area contributed by atoms with E-state index < -0.39 is 10.1 Å². The van der Waals surface area contributed by atoms with Crippen LogP contribution in [-0.2, 0) is 33.8 Å². The summed E-state index contributed by atoms with van der Waals surface area (Å²) in [5.41, 5.74) is 0. The van der Waals surface area contributed by atoms with Crippen LogP contribution in [0.2, 0.25) is 0 Å². The average Bonchev–Trinajstić information content (AvgIpc) is 2.61. The van der Waals surface area contributed by atoms with Crippen molar-refractivity contribution < 1.29 is 41.8 Å². The van der Waals surface area contributed by atoms with E-state index in [9.17, 15) is 13.5 Å². The van der Waals surface area contributed by atoms with Crippen LogP contribution in [0.15, 0.2) is 35.2 Å². The van der Waals surface area contributed by atoms with Gasteiger partial charge in [-0.05, 0) is 25.0 Å². The number of hydrogen-bond donors (Lipinski definition) is 2. The SMILES string of the molecule is CCCCCCCCC(O)CCC.O=S(=O)(O)c1ccccc1.[O]=[Ti]. The number of aliphatic hydroxyl groups excluding tert-OH is 1. The van der Waals surface area contributed by atoms with Crippen molar-refractivity contribution in [1.82, 2.24) is 0 Å². The van der Waals surface area contributed by atoms with E-state index in [4.69, 9.17) is 7.88 Å². The van der Waals surface area contributed by atoms with Crippen molar-refractivity contribution in [2.75, 3.05) is 0 Å². The Balaban J connectivity index is 0. The molecule has 0 spiro atoms. The monoisotopic (exact) mass is 408 g/mol. The predicted molar refractivity (Wildman–Crippen MR) is 95.9 cm³/mol. The molecule has 0 bridgehead atoms. The fraction of sp³-hybridized carbons (Fsp3) is 0.667. The Morgan fingerprint density at radius 3 is 1.84 bits per heavy atom. The maximum atomic E-state index is 10.4. The molecule has 144 valence electrons. The molecule has 1 unspecified atom stereocenters. The molecular formula is C18H32O5STi. The molecule has 5 nitrogen and oxygen atoms in total. The second kappa shape index (κ2) is 18.4. The van der Waals surface area contributed by atoms with E-state index >= 15 is 0 Å². The summed E-state index contributed by atoms with van der Waals surface area (Å²) in [6.45, 7) is 4.37. The minimum absolute atomic E-state index is 0.0313. The fourth-order valence-corrected chi connectivity index (χ4v) is 2.73. The molecule has 0 heterocycles. The van der Waals surface area contributed by atoms with Gasteiger partial charge < -0.3 is 5.11 Å². The van der Waals surface area contributed by atoms with Crippen LogP contribution in [0.3, 0.4) is 0 Å². The zero-order valence-electron chi connectivity index (χ0n) is 15.4. The van der Waals surface area contributed by atoms with Crippen LogP contribution in [0.5, 0.6) is 0 Å². The van der Waals surface area contributed by atoms with E-state index in [0.29, 0.717) is 0 Å². The number of rotatable bonds is 10. The summed E-state index contributed by atoms with van der Waals surface area (Å²) < 4.78 is 37.5. The molecule has 25 heavy (non-hydrogen) atoms. The van der Waals surface area contributed by atoms with Gasteiger partial charge in [0, 0.05) is 0 Å². The van der Waals surface area contributed by atoms with E-state index in [2.05, 4.69) is 13.8 Å². The Bertz CT molecular complexity index is 493. The van der Waals surface area contributed by atoms with Crippen LogP contribution >= 0.6 is 0 Å². The van der Waals surface area contributed by atoms with Crippen molar-refractivity contribution in [2.45, 2.75) is 82.6 Å². The van der Waals surface area contributed by atoms with Crippen LogP contribution in [0.25, 0.3) is 0 Å². The molecule has 0 aliphatic carbocycles. The average molecular weight is 408 g/mol. The molecule has 2 N–H and O–H groups in total. The molecule has 0 aromatic heterocycles. The van der Waals surface area contributed by atoms with Crippen molar-refractivity contribution in [3.05, 3.63) is 30.3 Å². The van der Waals surface area contributed by atoms with Gasteiger partial charge in [0.1, 0.15) is 0 Å². The van der Waals surface area contributed by atoms with Crippen LogP contribution in [-0.4, -0.2) is 24.2 Å². The van der Waals surface area contributed by atoms with Gasteiger partial charge in [0.05, 0.1) is 11.0 Å². The Labute approximate surface area is 164 Å². The third kappa shape index (κ3) is 18.2. The molecule has 0 amide bonds. The van der Waals surface area contributed by atoms with Crippen molar-refractivity contribution >= 4 is 10.1 Å². The standard InChI is InChI=1S/C12H26O.C6H6O3S.O.Ti/c1-3-5-6-7-8-9-11-12(13)10-4-2;7-10(8,9)6-4-2-1-3-5-6;;/h12-13H,3-11H2,1-2H3;1-5H,(H,7,8,9);;. The molecule has 0 fully saturated rings. The quantitative estimate of drug-likeness (QED) is 0.332. The zero-order valence-corrected chi connectivity index (χ0v) is 17.7. The zero-order chi connectivity index (χ0) is 19.6. The van der Waals surface area contributed by atoms with Crippen LogP contribution in [0.4, 0.5) is 0 Å². The molecule has 0 saturated heterocycles. The van der Waals surface area contributed by atoms with Gasteiger partial charge in [-0.15, -0.1) is 0 Å². The van der Waals surface area contributed by atoms with Gasteiger partial charge in [0.2, 0.25) is 0 Å². The van der Waals surface area contributed by atoms with Gasteiger partial charge in [-0.2, -0.15) is 8.42 Å². The first-order valence-electron chi connectivity index (χ1n) is 8.82. The molecule has 1 aromatic carbocycles. The molecule has 1 aromatic rings. The van der Waals surface area contributed by atoms with Gasteiger partial charge in [-0.3, -0.25) is 4.55 Å². The Morgan fingerprint density at radius 2 is 1.40 bits per heavy atom. The van der Waals surface area contributed by atoms with E-state index in [1.807, 2.05) is 0 Å². The molecule has 1 rings (SSSR count). The van der Waals surface area contributed by atoms with Gasteiger partial charge in [-0.25, -0.2) is 0 Å². The molecule has 0 saturated carbocycles. The third-order valence-corrected chi connectivity index (χ3v) is 4.42. The normalized spacial score (nSPS) is 11.5. The summed E-state index contributed by atoms with van der Waals surface area (Å²) in [7, 11) is -4.00. The van der Waals surface area contributed by atoms with E-state index in [1.54, 1.807) is 18.2 Å². The number of unbranched alkanes of at least 4 members (excludes halogenated alkanes) is 5. The first-order chi connectivity index (χ1) is 11.9. The second-order valence-electron chi connectivity index (χ2n) is 5.79. The van der Waals surface area contributed by atoms with Crippen molar-refractivity contribution in [1.29, 1.82) is 0 Å². The summed E-state index contributed by atoms with van der Waals surface area (Å²) in [5.74, 6) is 0. The predicted octanol–water partition coefficient (Wildman–Crippen LogP) is 4.71. The first kappa shape index (κ1) is 26.8. The third-order valence-electron chi connectivity index (χ3n) is 3.55. The maximum absolute atomic E-state index is 10.4. The summed E-state index contributed by atoms with van der Waals surface area (Å²) in [5, 5.41) is 9.45. The molecule has 0 aliphatic heterocycles. The van der Waals surface area contributed by atoms with E-state index in [-0.39, 0.29) is 11.0 Å². The van der Waals surface area contributed by atoms with Crippen molar-refractivity contribution in [3.8, 4) is 0 Å². The van der Waals surface area contributed by atoms with Crippen LogP contribution in [0.1, 0.15) is 71.6 Å². The van der Waals surface area contributed by atoms with Gasteiger partial charge in [-0.1, -0.05) is 77.0 Å². The van der Waals surface area contributed by atoms with E-state index in [1.165, 1.54) is 50.7 Å². The summed E-state index contributed by atoms with van der Waals surface area (Å²) >= 11 is 0.750. The Morgan fingerprint density at radius 1 is 0.880 bits per heavy atom. The number of hydrogen-bond acceptors (Lipinski definition) is 4. The summed E-state index contributed by atoms with van der Waals surface area (Å²) in [6.07, 6.45) is 11.0. The van der Waals surface area contributed by atoms with Crippen LogP contribution in [0, 0.1) is 0 Å². The topological polar surface area (TPSA) is 91.7 Å². The first-order valence-corrected chi connectivity index (χ1v) is 10.9. The van der Waals surface area contributed by atoms with E-state index in [0.717, 1.165) is 39.7 Å². The molecule has 1 atom stereocenters. The fourth-order valence-electron chi connectivity index (χ4n) is 2.23. The number of benzene rings is 1. The van der Waals surface area contributed by atoms with Gasteiger partial charge in [0.15, 0.2) is 0 Å². The molecule has 7 heteroatoms. The van der Waals surface area contributed by atoms with Crippen LogP contribution < -0.4 is 0 Å². The molecule has 0 aliphatic rings. The second-order valence-corrected chi connectivity index (χ2v) is 7.21. The van der Waals surface area contributed by atoms with Crippen molar-refractivity contribution in [2.24, 2.45) is 0 Å². The van der Waals surface area contributed by atoms with Gasteiger partial charge >= 0.3 is 23.7 Å². The molecule has 0 radical (unpaired) electrons. The summed E-state index contributed by atoms with van der Waals surface area (Å²) in [4.78, 5) is -0.0741. The minimum atomic E-state index is -4.00. The Kier molecular flexibility index (Phi) is 19.7. The number of aliphatic hydroxyl groups is 1.